The molecule has 4 heterocycles. The molecule has 3 aromatic carbocycles. The lowest BCUT2D eigenvalue weighted by Crippen LogP contribution is -2.55. The highest BCUT2D eigenvalue weighted by molar-refractivity contribution is 7.88. The molecule has 1 aliphatic carbocycles. The van der Waals surface area contributed by atoms with Crippen LogP contribution in [0.1, 0.15) is 77.1 Å². The number of anilines is 3. The molecule has 1 aromatic heterocycles. The number of Topliss-reactive ketones (excluding diaryl/α,β-unsaturated/α-hetero) is 1. The number of benzene rings is 3. The fourth-order valence-electron chi connectivity index (χ4n) is 9.77. The number of imide groups is 1. The van der Waals surface area contributed by atoms with Crippen molar-refractivity contribution in [1.29, 1.82) is 0 Å². The molecule has 0 spiro atoms. The van der Waals surface area contributed by atoms with Crippen molar-refractivity contribution < 1.29 is 61.3 Å². The number of rotatable bonds is 16. The second kappa shape index (κ2) is 20.1. The number of piperidine rings is 2. The molecular formula is C48H50ClFN6O12S2. The molecule has 4 aromatic rings. The lowest BCUT2D eigenvalue weighted by atomic mass is 9.73. The molecule has 370 valence electrons. The molecule has 3 saturated heterocycles. The third kappa shape index (κ3) is 10.7. The number of carbonyl (C=O) groups excluding carboxylic acids is 5. The van der Waals surface area contributed by atoms with Crippen LogP contribution in [0.4, 0.5) is 21.5 Å². The first-order valence-electron chi connectivity index (χ1n) is 22.6. The minimum atomic E-state index is -3.97. The van der Waals surface area contributed by atoms with Crippen LogP contribution in [-0.2, 0) is 46.2 Å². The van der Waals surface area contributed by atoms with E-state index in [-0.39, 0.29) is 83.1 Å². The maximum atomic E-state index is 15.1. The van der Waals surface area contributed by atoms with Crippen LogP contribution in [0.25, 0.3) is 10.4 Å². The van der Waals surface area contributed by atoms with Crippen molar-refractivity contribution in [1.82, 2.24) is 14.5 Å². The first-order chi connectivity index (χ1) is 33.2. The summed E-state index contributed by atoms with van der Waals surface area (Å²) in [6.07, 6.45) is 2.26. The highest BCUT2D eigenvalue weighted by Gasteiger charge is 2.43. The smallest absolute Gasteiger partial charge is 0.349 e. The van der Waals surface area contributed by atoms with Gasteiger partial charge in [-0.15, -0.1) is 11.3 Å². The Morgan fingerprint density at radius 1 is 0.957 bits per heavy atom. The second-order valence-corrected chi connectivity index (χ2v) is 21.8. The van der Waals surface area contributed by atoms with Crippen molar-refractivity contribution >= 4 is 91.4 Å². The van der Waals surface area contributed by atoms with Gasteiger partial charge in [0, 0.05) is 66.4 Å². The van der Waals surface area contributed by atoms with Gasteiger partial charge in [0.05, 0.1) is 28.8 Å². The molecule has 3 atom stereocenters. The van der Waals surface area contributed by atoms with Gasteiger partial charge in [-0.1, -0.05) is 41.9 Å². The average molecular weight is 1020 g/mol. The molecule has 8 rings (SSSR count). The number of nitrogens with zero attached hydrogens (tertiary/aromatic N) is 2. The molecule has 4 amide bonds. The van der Waals surface area contributed by atoms with Gasteiger partial charge in [0.2, 0.25) is 33.7 Å². The largest absolute Gasteiger partial charge is 0.479 e. The number of carboxylic acid groups (broad SMARTS) is 2. The number of hydrogen-bond acceptors (Lipinski definition) is 13. The van der Waals surface area contributed by atoms with Gasteiger partial charge < -0.3 is 35.8 Å². The number of aromatic carboxylic acids is 1. The molecule has 3 aliphatic heterocycles. The minimum absolute atomic E-state index is 0.0319. The number of ketones is 1. The van der Waals surface area contributed by atoms with Gasteiger partial charge in [0.15, 0.2) is 23.0 Å². The van der Waals surface area contributed by atoms with Crippen LogP contribution in [0.5, 0.6) is 5.75 Å². The van der Waals surface area contributed by atoms with E-state index in [4.69, 9.17) is 21.4 Å². The number of halogens is 2. The van der Waals surface area contributed by atoms with Crippen molar-refractivity contribution in [2.45, 2.75) is 69.7 Å². The summed E-state index contributed by atoms with van der Waals surface area (Å²) in [5.41, 5.74) is 2.26. The van der Waals surface area contributed by atoms with E-state index < -0.39 is 75.2 Å². The third-order valence-electron chi connectivity index (χ3n) is 13.2. The van der Waals surface area contributed by atoms with Gasteiger partial charge in [-0.05, 0) is 93.0 Å². The summed E-state index contributed by atoms with van der Waals surface area (Å²) in [5, 5.41) is 30.2. The molecular weight excluding hydrogens is 971 g/mol. The molecule has 0 saturated carbocycles. The van der Waals surface area contributed by atoms with Crippen LogP contribution in [0.15, 0.2) is 60.7 Å². The lowest BCUT2D eigenvalue weighted by Gasteiger charge is -2.45. The maximum Gasteiger partial charge on any atom is 0.349 e. The number of nitrogens with one attached hydrogen (secondary N) is 4. The zero-order chi connectivity index (χ0) is 50.2. The number of aliphatic carboxylic acids is 1. The first kappa shape index (κ1) is 50.0. The van der Waals surface area contributed by atoms with Crippen LogP contribution in [0, 0.1) is 23.6 Å². The predicted octanol–water partition coefficient (Wildman–Crippen LogP) is 5.86. The summed E-state index contributed by atoms with van der Waals surface area (Å²) in [7, 11) is -3.97. The first-order valence-corrected chi connectivity index (χ1v) is 25.4. The summed E-state index contributed by atoms with van der Waals surface area (Å²) in [6.45, 7) is 3.05. The van der Waals surface area contributed by atoms with Gasteiger partial charge in [-0.25, -0.2) is 22.4 Å². The Morgan fingerprint density at radius 2 is 1.70 bits per heavy atom. The molecule has 18 nitrogen and oxygen atoms in total. The Labute approximate surface area is 410 Å². The standard InChI is InChI=1S/C48H50ClFN6O12S2/c1-48(2)19-29(52-28-6-3-5-26(18-28)43-40(49)42(68-23-39(59)60)44(69-43)47(64)65)15-16-56(48)70(66,67)24-25-9-13-34(50)36(17-25)53-45(62)27-21-55(22-27)38(58)20-51-35-8-4-7-31-30(35)10-11-32(41(31)61)33-12-14-37(57)54-46(33)63/h3-9,13,17-18,27,29,32-33,51-52H,10-12,14-16,19-24H2,1-2H3,(H,53,62)(H,59,60)(H,64,65)(H,54,57,63)/t29-,32?,33?/m0/s1. The van der Waals surface area contributed by atoms with Crippen molar-refractivity contribution in [3.63, 3.8) is 0 Å². The number of amides is 4. The summed E-state index contributed by atoms with van der Waals surface area (Å²) >= 11 is 7.35. The van der Waals surface area contributed by atoms with E-state index in [9.17, 15) is 47.1 Å². The minimum Gasteiger partial charge on any atom is -0.479 e. The van der Waals surface area contributed by atoms with Crippen molar-refractivity contribution in [2.24, 2.45) is 17.8 Å². The average Bonchev–Trinajstić information content (AvgIpc) is 3.61. The fourth-order valence-corrected chi connectivity index (χ4v) is 13.1. The predicted molar refractivity (Wildman–Crippen MR) is 257 cm³/mol. The van der Waals surface area contributed by atoms with E-state index in [1.807, 2.05) is 13.8 Å². The quantitative estimate of drug-likeness (QED) is 0.0719. The van der Waals surface area contributed by atoms with Gasteiger partial charge in [0.1, 0.15) is 10.8 Å². The van der Waals surface area contributed by atoms with E-state index >= 15 is 4.39 Å². The Bertz CT molecular complexity index is 2920. The number of fused-ring (bicyclic) bond motifs is 1. The SMILES string of the molecule is CC1(C)C[C@@H](Nc2cccc(-c3sc(C(=O)O)c(OCC(=O)O)c3Cl)c2)CCN1S(=O)(=O)Cc1ccc(F)c(NC(=O)C2CN(C(=O)CNc3cccc4c3CCC(C3CCC(=O)NC3=O)C4=O)C2)c1. The van der Waals surface area contributed by atoms with E-state index in [0.717, 1.165) is 23.0 Å². The van der Waals surface area contributed by atoms with E-state index in [0.29, 0.717) is 59.5 Å². The molecule has 22 heteroatoms. The van der Waals surface area contributed by atoms with Gasteiger partial charge in [-0.2, -0.15) is 4.31 Å². The highest BCUT2D eigenvalue weighted by Crippen LogP contribution is 2.46. The van der Waals surface area contributed by atoms with Crippen molar-refractivity contribution in [3.8, 4) is 16.2 Å². The Morgan fingerprint density at radius 3 is 2.41 bits per heavy atom. The monoisotopic (exact) mass is 1020 g/mol. The van der Waals surface area contributed by atoms with Gasteiger partial charge in [0.25, 0.3) is 0 Å². The van der Waals surface area contributed by atoms with Crippen LogP contribution < -0.4 is 26.0 Å². The zero-order valence-corrected chi connectivity index (χ0v) is 40.4. The fraction of sp³-hybridized carbons (Fsp3) is 0.396. The Kier molecular flexibility index (Phi) is 14.4. The number of sulfonamides is 1. The third-order valence-corrected chi connectivity index (χ3v) is 16.9. The molecule has 4 aliphatic rings. The van der Waals surface area contributed by atoms with E-state index in [2.05, 4.69) is 21.3 Å². The number of ether oxygens (including phenoxy) is 1. The topological polar surface area (TPSA) is 258 Å². The molecule has 6 N–H and O–H groups in total. The summed E-state index contributed by atoms with van der Waals surface area (Å²) in [4.78, 5) is 88.6. The normalized spacial score (nSPS) is 20.4. The Balaban J connectivity index is 0.826. The number of likely N-dealkylation sites (tertiary alicyclic amines) is 1. The van der Waals surface area contributed by atoms with Gasteiger partial charge in [-0.3, -0.25) is 29.3 Å². The second-order valence-electron chi connectivity index (χ2n) is 18.5. The van der Waals surface area contributed by atoms with Crippen molar-refractivity contribution in [3.05, 3.63) is 93.1 Å². The number of thiophene rings is 1. The van der Waals surface area contributed by atoms with Crippen LogP contribution in [0.3, 0.4) is 0 Å². The van der Waals surface area contributed by atoms with Crippen LogP contribution >= 0.6 is 22.9 Å². The van der Waals surface area contributed by atoms with Gasteiger partial charge >= 0.3 is 11.9 Å². The van der Waals surface area contributed by atoms with E-state index in [1.165, 1.54) is 21.3 Å². The van der Waals surface area contributed by atoms with Crippen LogP contribution in [-0.4, -0.2) is 114 Å². The number of hydrogen-bond donors (Lipinski definition) is 6. The van der Waals surface area contributed by atoms with Crippen molar-refractivity contribution in [2.75, 3.05) is 48.7 Å². The highest BCUT2D eigenvalue weighted by atomic mass is 35.5. The summed E-state index contributed by atoms with van der Waals surface area (Å²) < 4.78 is 49.7. The number of carboxylic acids is 2. The molecule has 3 fully saturated rings. The zero-order valence-electron chi connectivity index (χ0n) is 38.0. The van der Waals surface area contributed by atoms with E-state index in [1.54, 1.807) is 42.5 Å². The summed E-state index contributed by atoms with van der Waals surface area (Å²) in [6, 6.07) is 15.8. The lowest BCUT2D eigenvalue weighted by molar-refractivity contribution is -0.140. The van der Waals surface area contributed by atoms with Crippen LogP contribution in [0.2, 0.25) is 5.02 Å². The molecule has 0 bridgehead atoms. The number of carbonyl (C=O) groups is 7. The summed E-state index contributed by atoms with van der Waals surface area (Å²) in [5.74, 6) is -7.59. The maximum absolute atomic E-state index is 15.1. The molecule has 0 radical (unpaired) electrons. The molecule has 2 unspecified atom stereocenters. The Hall–Kier alpha value is -6.42. The molecule has 70 heavy (non-hydrogen) atoms.